The van der Waals surface area contributed by atoms with Crippen LogP contribution in [-0.2, 0) is 26.2 Å². The monoisotopic (exact) mass is 1490 g/mol. The van der Waals surface area contributed by atoms with Gasteiger partial charge in [0.1, 0.15) is 27.6 Å². The van der Waals surface area contributed by atoms with Crippen LogP contribution in [0, 0.1) is 10.8 Å². The summed E-state index contributed by atoms with van der Waals surface area (Å²) >= 11 is 0. The summed E-state index contributed by atoms with van der Waals surface area (Å²) in [5, 5.41) is 43.5. The van der Waals surface area contributed by atoms with Gasteiger partial charge in [-0.05, 0) is 185 Å². The maximum Gasteiger partial charge on any atom is 0.162 e. The van der Waals surface area contributed by atoms with Gasteiger partial charge in [-0.2, -0.15) is 45.0 Å². The Balaban J connectivity index is 0.761. The van der Waals surface area contributed by atoms with Crippen molar-refractivity contribution >= 4 is 112 Å². The molecule has 18 aromatic rings. The first kappa shape index (κ1) is 71.5. The molecule has 14 aromatic carbocycles. The predicted octanol–water partition coefficient (Wildman–Crippen LogP) is 23.8. The largest absolute Gasteiger partial charge is 0.311 e. The number of aryl methyl sites for hydroxylation is 2. The van der Waals surface area contributed by atoms with Crippen LogP contribution in [0.3, 0.4) is 0 Å². The van der Waals surface area contributed by atoms with E-state index in [0.717, 1.165) is 157 Å². The van der Waals surface area contributed by atoms with Crippen LogP contribution < -0.4 is 29.5 Å². The molecule has 0 saturated carbocycles. The number of anilines is 12. The quantitative estimate of drug-likeness (QED) is 0.0445. The molecule has 4 aromatic heterocycles. The van der Waals surface area contributed by atoms with Crippen molar-refractivity contribution in [3.63, 3.8) is 0 Å². The SMILES string of the molecule is CC(C)(C)Cn1nc2c(-c3ccc(N(c4ccccc4)c4ccccc4)cc3)c3n[n+](CCCCn4nnc5c(-c6ccc(N(c7ccccc7)c7ccccc7)cc6)c6nn(CC(C)(C)C)nc6c(-c6ccc(N(c7ccccc7)c7ccccc7)cc6)c54)[n-]c3c(-c3ccc(N(c4ccccc4)c4ccccc4)cc3)c2n1. The molecule has 558 valence electrons. The number of para-hydroxylation sites is 8. The maximum absolute atomic E-state index is 5.59. The van der Waals surface area contributed by atoms with Gasteiger partial charge in [-0.25, -0.2) is 4.68 Å². The molecule has 0 saturated heterocycles. The van der Waals surface area contributed by atoms with Crippen LogP contribution in [0.25, 0.3) is 88.6 Å². The summed E-state index contributed by atoms with van der Waals surface area (Å²) in [7, 11) is 0. The van der Waals surface area contributed by atoms with Crippen LogP contribution in [0.5, 0.6) is 0 Å². The van der Waals surface area contributed by atoms with E-state index in [2.05, 4.69) is 406 Å². The van der Waals surface area contributed by atoms with Crippen molar-refractivity contribution in [3.05, 3.63) is 340 Å². The third-order valence-electron chi connectivity index (χ3n) is 20.6. The fourth-order valence-corrected chi connectivity index (χ4v) is 15.6. The third kappa shape index (κ3) is 14.5. The Morgan fingerprint density at radius 3 is 0.860 bits per heavy atom. The van der Waals surface area contributed by atoms with Crippen molar-refractivity contribution in [1.29, 1.82) is 0 Å². The lowest BCUT2D eigenvalue weighted by Crippen LogP contribution is -2.40. The summed E-state index contributed by atoms with van der Waals surface area (Å²) in [5.41, 5.74) is 25.6. The number of fused-ring (bicyclic) bond motifs is 4. The third-order valence-corrected chi connectivity index (χ3v) is 20.6. The van der Waals surface area contributed by atoms with E-state index in [4.69, 9.17) is 40.9 Å². The summed E-state index contributed by atoms with van der Waals surface area (Å²) in [4.78, 5) is 14.8. The number of rotatable bonds is 23. The van der Waals surface area contributed by atoms with Gasteiger partial charge in [0.25, 0.3) is 0 Å². The lowest BCUT2D eigenvalue weighted by molar-refractivity contribution is -0.804. The van der Waals surface area contributed by atoms with Gasteiger partial charge in [0.2, 0.25) is 0 Å². The Kier molecular flexibility index (Phi) is 19.2. The lowest BCUT2D eigenvalue weighted by atomic mass is 9.94. The van der Waals surface area contributed by atoms with E-state index < -0.39 is 0 Å². The van der Waals surface area contributed by atoms with E-state index in [1.54, 1.807) is 0 Å². The molecule has 4 heterocycles. The maximum atomic E-state index is 5.59. The van der Waals surface area contributed by atoms with Crippen molar-refractivity contribution in [2.45, 2.75) is 80.6 Å². The van der Waals surface area contributed by atoms with Crippen LogP contribution in [0.4, 0.5) is 68.2 Å². The van der Waals surface area contributed by atoms with Crippen LogP contribution in [0.1, 0.15) is 54.4 Å². The summed E-state index contributed by atoms with van der Waals surface area (Å²) in [6.07, 6.45) is 1.40. The zero-order chi connectivity index (χ0) is 77.3. The zero-order valence-corrected chi connectivity index (χ0v) is 64.7. The highest BCUT2D eigenvalue weighted by Gasteiger charge is 2.30. The van der Waals surface area contributed by atoms with Gasteiger partial charge in [-0.3, -0.25) is 0 Å². The molecule has 114 heavy (non-hydrogen) atoms. The van der Waals surface area contributed by atoms with Crippen LogP contribution in [-0.4, -0.2) is 50.1 Å². The number of hydrogen-bond donors (Lipinski definition) is 0. The van der Waals surface area contributed by atoms with Crippen molar-refractivity contribution < 1.29 is 4.80 Å². The minimum Gasteiger partial charge on any atom is -0.311 e. The number of aromatic nitrogens is 12. The van der Waals surface area contributed by atoms with Gasteiger partial charge in [0.05, 0.1) is 18.6 Å². The number of unbranched alkanes of at least 4 members (excludes halogenated alkanes) is 1. The number of nitrogens with zero attached hydrogens (tertiary/aromatic N) is 16. The molecule has 0 radical (unpaired) electrons. The fourth-order valence-electron chi connectivity index (χ4n) is 15.6. The van der Waals surface area contributed by atoms with Crippen LogP contribution in [0.15, 0.2) is 340 Å². The standard InChI is InChI=1S/C98H86N16/c1-97(2,3)67-109-102-91-85(69-49-57-81(58-50-69)111(73-33-15-7-16-34-73)74-35-17-8-18-36-74)89-90(86(92(91)103-109)70-51-59-82(60-52-70)112(75-37-19-9-20-38-75)76-39-21-10-22-40-76)101-108(100-89)66-32-31-65-107-96-88(72-55-63-84(64-56-72)114(79-45-27-13-28-46-79)80-47-29-14-30-48-80)94-93(104-110(105-94)68-98(4,5)6)87(95(96)99-106-107)71-53-61-83(62-54-71)113(77-41-23-11-24-42-77)78-43-25-12-26-44-78/h7-30,33-64H,31-32,65-68H2,1-6H3. The second-order valence-electron chi connectivity index (χ2n) is 31.4. The summed E-state index contributed by atoms with van der Waals surface area (Å²) in [6, 6.07) is 119. The molecule has 0 spiro atoms. The van der Waals surface area contributed by atoms with Crippen LogP contribution in [0.2, 0.25) is 0 Å². The summed E-state index contributed by atoms with van der Waals surface area (Å²) < 4.78 is 2.09. The molecule has 0 bridgehead atoms. The smallest absolute Gasteiger partial charge is 0.162 e. The van der Waals surface area contributed by atoms with Crippen molar-refractivity contribution in [1.82, 2.24) is 55.2 Å². The summed E-state index contributed by atoms with van der Waals surface area (Å²) in [5.74, 6) is 0. The molecule has 0 N–H and O–H groups in total. The van der Waals surface area contributed by atoms with Crippen LogP contribution >= 0.6 is 0 Å². The van der Waals surface area contributed by atoms with Gasteiger partial charge < -0.3 is 19.6 Å². The molecule has 0 atom stereocenters. The van der Waals surface area contributed by atoms with E-state index in [1.165, 1.54) is 0 Å². The molecular formula is C98H86N16. The second kappa shape index (κ2) is 30.6. The average molecular weight is 1490 g/mol. The Hall–Kier alpha value is -14.1. The molecule has 0 fully saturated rings. The van der Waals surface area contributed by atoms with Gasteiger partial charge >= 0.3 is 0 Å². The molecule has 0 aliphatic carbocycles. The van der Waals surface area contributed by atoms with Crippen molar-refractivity contribution in [2.24, 2.45) is 10.8 Å². The highest BCUT2D eigenvalue weighted by atomic mass is 15.5. The fraction of sp³-hybridized carbons (Fsp3) is 0.143. The van der Waals surface area contributed by atoms with Gasteiger partial charge in [-0.1, -0.05) is 241 Å². The Labute approximate surface area is 663 Å². The molecule has 0 aliphatic rings. The van der Waals surface area contributed by atoms with E-state index >= 15 is 0 Å². The van der Waals surface area contributed by atoms with E-state index in [0.29, 0.717) is 39.0 Å². The van der Waals surface area contributed by atoms with Gasteiger partial charge in [0, 0.05) is 115 Å². The summed E-state index contributed by atoms with van der Waals surface area (Å²) in [6.45, 7) is 15.5. The number of benzene rings is 14. The van der Waals surface area contributed by atoms with E-state index in [1.807, 2.05) is 14.4 Å². The normalized spacial score (nSPS) is 11.8. The predicted molar refractivity (Wildman–Crippen MR) is 464 cm³/mol. The van der Waals surface area contributed by atoms with Crippen molar-refractivity contribution in [2.75, 3.05) is 19.6 Å². The molecule has 0 unspecified atom stereocenters. The van der Waals surface area contributed by atoms with Gasteiger partial charge in [0.15, 0.2) is 6.54 Å². The lowest BCUT2D eigenvalue weighted by Gasteiger charge is -2.25. The Morgan fingerprint density at radius 2 is 0.553 bits per heavy atom. The van der Waals surface area contributed by atoms with E-state index in [9.17, 15) is 0 Å². The zero-order valence-electron chi connectivity index (χ0n) is 64.7. The highest BCUT2D eigenvalue weighted by Crippen LogP contribution is 2.48. The Bertz CT molecular complexity index is 5990. The second-order valence-corrected chi connectivity index (χ2v) is 31.4. The molecular weight excluding hydrogens is 1400 g/mol. The molecule has 0 amide bonds. The molecule has 16 heteroatoms. The minimum atomic E-state index is -0.140. The molecule has 16 nitrogen and oxygen atoms in total. The Morgan fingerprint density at radius 1 is 0.289 bits per heavy atom. The highest BCUT2D eigenvalue weighted by molar-refractivity contribution is 6.18. The minimum absolute atomic E-state index is 0.134. The van der Waals surface area contributed by atoms with Gasteiger partial charge in [-0.15, -0.1) is 5.10 Å². The topological polar surface area (TPSA) is 136 Å². The number of hydrogen-bond acceptors (Lipinski definition) is 11. The first-order valence-electron chi connectivity index (χ1n) is 39.1. The first-order chi connectivity index (χ1) is 55.8. The molecule has 18 rings (SSSR count). The van der Waals surface area contributed by atoms with E-state index in [-0.39, 0.29) is 10.8 Å². The van der Waals surface area contributed by atoms with Crippen molar-refractivity contribution in [3.8, 4) is 44.5 Å². The average Bonchev–Trinajstić information content (AvgIpc) is 1.55. The first-order valence-corrected chi connectivity index (χ1v) is 39.1. The molecule has 0 aliphatic heterocycles.